The number of hydrogen-bond donors (Lipinski definition) is 0. The van der Waals surface area contributed by atoms with Crippen LogP contribution in [0.5, 0.6) is 0 Å². The Labute approximate surface area is 388 Å². The highest BCUT2D eigenvalue weighted by Gasteiger charge is 2.52. The van der Waals surface area contributed by atoms with Gasteiger partial charge in [-0.1, -0.05) is 168 Å². The number of rotatable bonds is 13. The van der Waals surface area contributed by atoms with Gasteiger partial charge in [0.2, 0.25) is 0 Å². The van der Waals surface area contributed by atoms with Crippen molar-refractivity contribution < 1.29 is 4.74 Å². The van der Waals surface area contributed by atoms with Gasteiger partial charge in [0.05, 0.1) is 13.7 Å². The first-order chi connectivity index (χ1) is 31.2. The molecule has 2 unspecified atom stereocenters. The van der Waals surface area contributed by atoms with E-state index in [1.54, 1.807) is 22.3 Å². The molecule has 0 N–H and O–H groups in total. The Kier molecular flexibility index (Phi) is 11.2. The number of unbranched alkanes of at least 4 members (excludes halogenated alkanes) is 3. The van der Waals surface area contributed by atoms with Crippen LogP contribution in [0.4, 0.5) is 0 Å². The van der Waals surface area contributed by atoms with Crippen LogP contribution < -0.4 is 0 Å². The zero-order valence-corrected chi connectivity index (χ0v) is 41.6. The van der Waals surface area contributed by atoms with Crippen LogP contribution in [0, 0.1) is 11.8 Å². The van der Waals surface area contributed by atoms with Crippen molar-refractivity contribution in [3.63, 3.8) is 0 Å². The second kappa shape index (κ2) is 16.8. The molecule has 0 aliphatic heterocycles. The van der Waals surface area contributed by atoms with Crippen LogP contribution in [-0.2, 0) is 18.8 Å². The average Bonchev–Trinajstić information content (AvgIpc) is 4.05. The molecule has 2 aromatic heterocycles. The Bertz CT molecular complexity index is 2980. The number of allylic oxidation sites excluding steroid dienone is 2. The Morgan fingerprint density at radius 1 is 0.523 bits per heavy atom. The van der Waals surface area contributed by atoms with Gasteiger partial charge in [-0.15, -0.1) is 0 Å². The number of para-hydroxylation sites is 2. The number of hydrogen-bond acceptors (Lipinski definition) is 1. The van der Waals surface area contributed by atoms with Crippen molar-refractivity contribution in [1.82, 2.24) is 9.13 Å². The van der Waals surface area contributed by atoms with Gasteiger partial charge in [-0.2, -0.15) is 0 Å². The van der Waals surface area contributed by atoms with Crippen LogP contribution in [0.25, 0.3) is 78.0 Å². The van der Waals surface area contributed by atoms with Crippen molar-refractivity contribution >= 4 is 63.8 Å². The fourth-order valence-electron chi connectivity index (χ4n) is 12.3. The SMILES string of the molecule is CC(C)C1=Cc2c(-c3ccc4c(c3)c3ccccc3n4C)cccc2C1[Si](C)(CCCCCCOC(C)(C)C)C1C(C(C)C)=Cc2c(-c3ccc4c(c3)c3ccccc3n4C)cccc21. The summed E-state index contributed by atoms with van der Waals surface area (Å²) < 4.78 is 10.9. The maximum Gasteiger partial charge on any atom is 0.0752 e. The fraction of sp³-hybridized carbons (Fsp3) is 0.344. The predicted octanol–water partition coefficient (Wildman–Crippen LogP) is 16.8. The topological polar surface area (TPSA) is 19.1 Å². The maximum atomic E-state index is 6.18. The molecular weight excluding hydrogens is 805 g/mol. The van der Waals surface area contributed by atoms with Gasteiger partial charge in [-0.25, -0.2) is 0 Å². The van der Waals surface area contributed by atoms with Gasteiger partial charge in [0.25, 0.3) is 0 Å². The normalized spacial score (nSPS) is 17.2. The summed E-state index contributed by atoms with van der Waals surface area (Å²) in [5.74, 6) is 0.876. The summed E-state index contributed by atoms with van der Waals surface area (Å²) in [5.41, 5.74) is 20.5. The summed E-state index contributed by atoms with van der Waals surface area (Å²) in [5, 5.41) is 5.31. The van der Waals surface area contributed by atoms with E-state index >= 15 is 0 Å². The van der Waals surface area contributed by atoms with Gasteiger partial charge in [-0.3, -0.25) is 0 Å². The Hall–Kier alpha value is -5.42. The largest absolute Gasteiger partial charge is 0.376 e. The average molecular weight is 873 g/mol. The molecule has 0 bridgehead atoms. The molecule has 0 saturated carbocycles. The minimum atomic E-state index is -2.31. The van der Waals surface area contributed by atoms with Crippen molar-refractivity contribution in [3.05, 3.63) is 155 Å². The molecule has 6 aromatic carbocycles. The third-order valence-corrected chi connectivity index (χ3v) is 20.8. The van der Waals surface area contributed by atoms with Crippen LogP contribution in [0.15, 0.2) is 132 Å². The monoisotopic (exact) mass is 873 g/mol. The van der Waals surface area contributed by atoms with Crippen molar-refractivity contribution in [1.29, 1.82) is 0 Å². The molecule has 8 aromatic rings. The summed E-state index contributed by atoms with van der Waals surface area (Å²) in [6.45, 7) is 20.0. The Morgan fingerprint density at radius 3 is 1.43 bits per heavy atom. The smallest absolute Gasteiger partial charge is 0.0752 e. The molecule has 332 valence electrons. The van der Waals surface area contributed by atoms with E-state index < -0.39 is 8.07 Å². The molecule has 3 nitrogen and oxygen atoms in total. The second-order valence-corrected chi connectivity index (χ2v) is 26.0. The van der Waals surface area contributed by atoms with Crippen molar-refractivity contribution in [2.75, 3.05) is 6.61 Å². The quantitative estimate of drug-likeness (QED) is 0.0834. The van der Waals surface area contributed by atoms with Gasteiger partial charge in [-0.05, 0) is 120 Å². The molecule has 2 aliphatic rings. The molecule has 0 saturated heterocycles. The van der Waals surface area contributed by atoms with E-state index in [9.17, 15) is 0 Å². The predicted molar refractivity (Wildman–Crippen MR) is 283 cm³/mol. The second-order valence-electron chi connectivity index (χ2n) is 21.3. The Morgan fingerprint density at radius 2 is 0.969 bits per heavy atom. The maximum absolute atomic E-state index is 6.18. The lowest BCUT2D eigenvalue weighted by Crippen LogP contribution is -2.47. The van der Waals surface area contributed by atoms with Crippen LogP contribution in [0.2, 0.25) is 12.6 Å². The first kappa shape index (κ1) is 43.5. The molecule has 2 aliphatic carbocycles. The number of ether oxygens (including phenoxy) is 1. The number of nitrogens with zero attached hydrogens (tertiary/aromatic N) is 2. The van der Waals surface area contributed by atoms with Gasteiger partial charge < -0.3 is 13.9 Å². The van der Waals surface area contributed by atoms with Gasteiger partial charge in [0.15, 0.2) is 0 Å². The number of aromatic nitrogens is 2. The molecular formula is C61H68N2OSi. The number of aryl methyl sites for hydroxylation is 2. The van der Waals surface area contributed by atoms with Gasteiger partial charge in [0.1, 0.15) is 0 Å². The van der Waals surface area contributed by atoms with E-state index in [2.05, 4.69) is 212 Å². The summed E-state index contributed by atoms with van der Waals surface area (Å²) in [6, 6.07) is 47.9. The summed E-state index contributed by atoms with van der Waals surface area (Å²) in [7, 11) is 2.09. The standard InChI is InChI=1S/C61H68N2OSi/c1-39(2)49-37-51-43(41-29-31-57-53(35-41)45-21-13-15-27-55(45)62(57)8)23-19-25-47(51)59(49)65(10,34-18-12-11-17-33-64-61(5,6)7)60-48-26-20-24-44(52(48)38-50(60)40(3)4)42-30-32-58-54(36-42)46-22-14-16-28-56(46)63(58)9/h13-16,19-32,35-40,59-60H,11-12,17-18,33-34H2,1-10H3. The summed E-state index contributed by atoms with van der Waals surface area (Å²) in [6.07, 6.45) is 10.1. The molecule has 4 heteroatoms. The summed E-state index contributed by atoms with van der Waals surface area (Å²) in [4.78, 5) is 0. The third-order valence-electron chi connectivity index (χ3n) is 15.4. The first-order valence-electron chi connectivity index (χ1n) is 24.5. The molecule has 65 heavy (non-hydrogen) atoms. The molecule has 2 heterocycles. The minimum absolute atomic E-state index is 0.0879. The van der Waals surface area contributed by atoms with E-state index in [-0.39, 0.29) is 5.60 Å². The number of fused-ring (bicyclic) bond motifs is 8. The summed E-state index contributed by atoms with van der Waals surface area (Å²) >= 11 is 0. The van der Waals surface area contributed by atoms with Crippen molar-refractivity contribution in [2.24, 2.45) is 25.9 Å². The van der Waals surface area contributed by atoms with Crippen molar-refractivity contribution in [2.45, 2.75) is 103 Å². The lowest BCUT2D eigenvalue weighted by Gasteiger charge is -2.44. The Balaban J connectivity index is 1.10. The highest BCUT2D eigenvalue weighted by atomic mass is 28.3. The van der Waals surface area contributed by atoms with Gasteiger partial charge in [0, 0.05) is 75.4 Å². The number of benzene rings is 6. The minimum Gasteiger partial charge on any atom is -0.376 e. The fourth-order valence-corrected chi connectivity index (χ4v) is 18.5. The molecule has 10 rings (SSSR count). The molecule has 0 amide bonds. The van der Waals surface area contributed by atoms with E-state index in [4.69, 9.17) is 4.74 Å². The van der Waals surface area contributed by atoms with E-state index in [0.29, 0.717) is 22.9 Å². The zero-order chi connectivity index (χ0) is 45.4. The third kappa shape index (κ3) is 7.46. The lowest BCUT2D eigenvalue weighted by atomic mass is 9.95. The molecule has 2 atom stereocenters. The molecule has 0 radical (unpaired) electrons. The molecule has 0 fully saturated rings. The van der Waals surface area contributed by atoms with Crippen LogP contribution >= 0.6 is 0 Å². The molecule has 0 spiro atoms. The highest BCUT2D eigenvalue weighted by molar-refractivity contribution is 6.83. The van der Waals surface area contributed by atoms with E-state index in [1.165, 1.54) is 102 Å². The van der Waals surface area contributed by atoms with Crippen LogP contribution in [0.1, 0.15) is 107 Å². The highest BCUT2D eigenvalue weighted by Crippen LogP contribution is 2.58. The van der Waals surface area contributed by atoms with Gasteiger partial charge >= 0.3 is 0 Å². The lowest BCUT2D eigenvalue weighted by molar-refractivity contribution is -0.00471. The van der Waals surface area contributed by atoms with Crippen LogP contribution in [-0.4, -0.2) is 29.4 Å². The van der Waals surface area contributed by atoms with E-state index in [1.807, 2.05) is 0 Å². The zero-order valence-electron chi connectivity index (χ0n) is 40.6. The first-order valence-corrected chi connectivity index (χ1v) is 27.4. The van der Waals surface area contributed by atoms with Crippen molar-refractivity contribution in [3.8, 4) is 22.3 Å². The van der Waals surface area contributed by atoms with E-state index in [0.717, 1.165) is 13.0 Å². The van der Waals surface area contributed by atoms with Crippen LogP contribution in [0.3, 0.4) is 0 Å².